The van der Waals surface area contributed by atoms with Crippen molar-refractivity contribution in [3.8, 4) is 11.5 Å². The predicted molar refractivity (Wildman–Crippen MR) is 99.5 cm³/mol. The van der Waals surface area contributed by atoms with Crippen LogP contribution in [-0.2, 0) is 4.79 Å². The molecule has 2 rings (SSSR count). The van der Waals surface area contributed by atoms with E-state index >= 15 is 0 Å². The summed E-state index contributed by atoms with van der Waals surface area (Å²) in [6.07, 6.45) is 5.00. The van der Waals surface area contributed by atoms with Crippen LogP contribution < -0.4 is 20.1 Å². The van der Waals surface area contributed by atoms with Gasteiger partial charge in [-0.2, -0.15) is 0 Å². The van der Waals surface area contributed by atoms with Crippen molar-refractivity contribution in [3.63, 3.8) is 0 Å². The van der Waals surface area contributed by atoms with E-state index in [1.54, 1.807) is 0 Å². The summed E-state index contributed by atoms with van der Waals surface area (Å²) in [5.74, 6) is 1.44. The predicted octanol–water partition coefficient (Wildman–Crippen LogP) is 3.77. The summed E-state index contributed by atoms with van der Waals surface area (Å²) in [7, 11) is 0. The molecule has 1 aromatic rings. The number of amides is 1. The molecule has 1 amide bonds. The second-order valence-electron chi connectivity index (χ2n) is 5.85. The molecular formula is C18H29ClN2O3. The Morgan fingerprint density at radius 2 is 1.88 bits per heavy atom. The topological polar surface area (TPSA) is 59.6 Å². The van der Waals surface area contributed by atoms with Crippen molar-refractivity contribution in [3.05, 3.63) is 18.2 Å². The van der Waals surface area contributed by atoms with Gasteiger partial charge < -0.3 is 20.1 Å². The van der Waals surface area contributed by atoms with Gasteiger partial charge in [0.05, 0.1) is 19.3 Å². The Kier molecular flexibility index (Phi) is 9.57. The first-order chi connectivity index (χ1) is 11.2. The van der Waals surface area contributed by atoms with Gasteiger partial charge in [0.15, 0.2) is 11.5 Å². The number of rotatable bonds is 8. The zero-order valence-corrected chi connectivity index (χ0v) is 15.4. The lowest BCUT2D eigenvalue weighted by Gasteiger charge is -2.22. The van der Waals surface area contributed by atoms with Gasteiger partial charge in [-0.1, -0.05) is 20.3 Å². The number of carbonyl (C=O) groups excluding carboxylic acids is 1. The molecule has 1 saturated heterocycles. The van der Waals surface area contributed by atoms with Crippen molar-refractivity contribution < 1.29 is 14.3 Å². The number of benzene rings is 1. The molecule has 1 atom stereocenters. The summed E-state index contributed by atoms with van der Waals surface area (Å²) in [6.45, 7) is 6.32. The number of halogens is 1. The molecule has 0 unspecified atom stereocenters. The molecule has 1 heterocycles. The molecule has 0 aromatic heterocycles. The molecule has 0 aliphatic carbocycles. The number of piperidine rings is 1. The summed E-state index contributed by atoms with van der Waals surface area (Å²) >= 11 is 0. The molecule has 5 nitrogen and oxygen atoms in total. The summed E-state index contributed by atoms with van der Waals surface area (Å²) < 4.78 is 11.5. The highest BCUT2D eigenvalue weighted by molar-refractivity contribution is 5.95. The highest BCUT2D eigenvalue weighted by Crippen LogP contribution is 2.31. The summed E-state index contributed by atoms with van der Waals surface area (Å²) in [4.78, 5) is 12.3. The fraction of sp³-hybridized carbons (Fsp3) is 0.611. The van der Waals surface area contributed by atoms with Crippen LogP contribution in [0.15, 0.2) is 18.2 Å². The van der Waals surface area contributed by atoms with E-state index in [2.05, 4.69) is 24.5 Å². The van der Waals surface area contributed by atoms with Crippen molar-refractivity contribution in [1.82, 2.24) is 5.32 Å². The smallest absolute Gasteiger partial charge is 0.241 e. The van der Waals surface area contributed by atoms with E-state index in [0.717, 1.165) is 50.1 Å². The van der Waals surface area contributed by atoms with E-state index in [4.69, 9.17) is 9.47 Å². The molecule has 1 aliphatic rings. The van der Waals surface area contributed by atoms with E-state index in [9.17, 15) is 4.79 Å². The Morgan fingerprint density at radius 1 is 1.17 bits per heavy atom. The van der Waals surface area contributed by atoms with Crippen LogP contribution in [0.4, 0.5) is 5.69 Å². The fourth-order valence-electron chi connectivity index (χ4n) is 2.55. The Balaban J connectivity index is 0.00000288. The minimum atomic E-state index is -0.0974. The molecular weight excluding hydrogens is 328 g/mol. The lowest BCUT2D eigenvalue weighted by Crippen LogP contribution is -2.43. The number of hydrogen-bond acceptors (Lipinski definition) is 4. The molecule has 0 spiro atoms. The third-order valence-corrected chi connectivity index (χ3v) is 3.76. The van der Waals surface area contributed by atoms with Gasteiger partial charge in [0.1, 0.15) is 0 Å². The number of ether oxygens (including phenoxy) is 2. The van der Waals surface area contributed by atoms with Gasteiger partial charge in [0.2, 0.25) is 5.91 Å². The van der Waals surface area contributed by atoms with Gasteiger partial charge >= 0.3 is 0 Å². The van der Waals surface area contributed by atoms with Crippen molar-refractivity contribution >= 4 is 24.0 Å². The first kappa shape index (κ1) is 20.6. The van der Waals surface area contributed by atoms with Gasteiger partial charge in [0.25, 0.3) is 0 Å². The Morgan fingerprint density at radius 3 is 2.50 bits per heavy atom. The second kappa shape index (κ2) is 11.2. The zero-order chi connectivity index (χ0) is 16.5. The van der Waals surface area contributed by atoms with Crippen molar-refractivity contribution in [2.45, 2.75) is 52.0 Å². The van der Waals surface area contributed by atoms with Gasteiger partial charge in [-0.25, -0.2) is 0 Å². The molecule has 1 aromatic carbocycles. The molecule has 24 heavy (non-hydrogen) atoms. The SMILES string of the molecule is CCCOc1ccc(NC(=O)[C@H]2CCCCN2)cc1OCCC.Cl. The molecule has 0 bridgehead atoms. The highest BCUT2D eigenvalue weighted by atomic mass is 35.5. The van der Waals surface area contributed by atoms with Gasteiger partial charge in [-0.05, 0) is 44.4 Å². The van der Waals surface area contributed by atoms with Crippen molar-refractivity contribution in [1.29, 1.82) is 0 Å². The van der Waals surface area contributed by atoms with Crippen molar-refractivity contribution in [2.75, 3.05) is 25.1 Å². The van der Waals surface area contributed by atoms with Crippen LogP contribution in [0.1, 0.15) is 46.0 Å². The largest absolute Gasteiger partial charge is 0.490 e. The number of hydrogen-bond donors (Lipinski definition) is 2. The van der Waals surface area contributed by atoms with Crippen LogP contribution in [-0.4, -0.2) is 31.7 Å². The van der Waals surface area contributed by atoms with Crippen molar-refractivity contribution in [2.24, 2.45) is 0 Å². The first-order valence-electron chi connectivity index (χ1n) is 8.68. The Labute approximate surface area is 150 Å². The van der Waals surface area contributed by atoms with E-state index in [0.29, 0.717) is 19.0 Å². The fourth-order valence-corrected chi connectivity index (χ4v) is 2.55. The van der Waals surface area contributed by atoms with Crippen LogP contribution >= 0.6 is 12.4 Å². The van der Waals surface area contributed by atoms with Gasteiger partial charge in [-0.3, -0.25) is 4.79 Å². The lowest BCUT2D eigenvalue weighted by atomic mass is 10.0. The van der Waals surface area contributed by atoms with Crippen LogP contribution in [0.5, 0.6) is 11.5 Å². The standard InChI is InChI=1S/C18H28N2O3.ClH/c1-3-11-22-16-9-8-14(13-17(16)23-12-4-2)20-18(21)15-7-5-6-10-19-15;/h8-9,13,15,19H,3-7,10-12H2,1-2H3,(H,20,21);1H/t15-;/m1./s1. The maximum atomic E-state index is 12.3. The third-order valence-electron chi connectivity index (χ3n) is 3.76. The van der Waals surface area contributed by atoms with E-state index in [1.165, 1.54) is 0 Å². The number of anilines is 1. The van der Waals surface area contributed by atoms with Crippen LogP contribution in [0.3, 0.4) is 0 Å². The molecule has 0 saturated carbocycles. The van der Waals surface area contributed by atoms with Crippen LogP contribution in [0.2, 0.25) is 0 Å². The third kappa shape index (κ3) is 6.21. The minimum absolute atomic E-state index is 0. The maximum absolute atomic E-state index is 12.3. The Bertz CT molecular complexity index is 505. The number of carbonyl (C=O) groups is 1. The molecule has 6 heteroatoms. The average Bonchev–Trinajstić information content (AvgIpc) is 2.59. The molecule has 1 aliphatic heterocycles. The monoisotopic (exact) mass is 356 g/mol. The second-order valence-corrected chi connectivity index (χ2v) is 5.85. The van der Waals surface area contributed by atoms with E-state index in [-0.39, 0.29) is 24.4 Å². The quantitative estimate of drug-likeness (QED) is 0.744. The van der Waals surface area contributed by atoms with E-state index in [1.807, 2.05) is 18.2 Å². The lowest BCUT2D eigenvalue weighted by molar-refractivity contribution is -0.118. The summed E-state index contributed by atoms with van der Waals surface area (Å²) in [6, 6.07) is 5.48. The Hall–Kier alpha value is -1.46. The van der Waals surface area contributed by atoms with Crippen LogP contribution in [0, 0.1) is 0 Å². The molecule has 0 radical (unpaired) electrons. The maximum Gasteiger partial charge on any atom is 0.241 e. The summed E-state index contributed by atoms with van der Waals surface area (Å²) in [5, 5.41) is 6.23. The molecule has 2 N–H and O–H groups in total. The first-order valence-corrected chi connectivity index (χ1v) is 8.68. The minimum Gasteiger partial charge on any atom is -0.490 e. The normalized spacial score (nSPS) is 16.8. The highest BCUT2D eigenvalue weighted by Gasteiger charge is 2.20. The molecule has 1 fully saturated rings. The number of nitrogens with one attached hydrogen (secondary N) is 2. The van der Waals surface area contributed by atoms with Gasteiger partial charge in [-0.15, -0.1) is 12.4 Å². The van der Waals surface area contributed by atoms with Gasteiger partial charge in [0, 0.05) is 11.8 Å². The zero-order valence-electron chi connectivity index (χ0n) is 14.6. The van der Waals surface area contributed by atoms with E-state index < -0.39 is 0 Å². The molecule has 136 valence electrons. The van der Waals surface area contributed by atoms with Crippen LogP contribution in [0.25, 0.3) is 0 Å². The summed E-state index contributed by atoms with van der Waals surface area (Å²) in [5.41, 5.74) is 0.748. The average molecular weight is 357 g/mol.